The number of aliphatic imine (C=N–C) groups is 1. The molecule has 0 amide bonds. The Labute approximate surface area is 260 Å². The van der Waals surface area contributed by atoms with Crippen LogP contribution >= 0.6 is 0 Å². The van der Waals surface area contributed by atoms with Gasteiger partial charge in [-0.2, -0.15) is 5.26 Å². The number of H-pyrrole nitrogens is 1. The van der Waals surface area contributed by atoms with E-state index in [0.717, 1.165) is 39.5 Å². The summed E-state index contributed by atoms with van der Waals surface area (Å²) in [4.78, 5) is 9.30. The zero-order valence-corrected chi connectivity index (χ0v) is 24.9. The van der Waals surface area contributed by atoms with Crippen molar-refractivity contribution in [2.45, 2.75) is 13.8 Å². The summed E-state index contributed by atoms with van der Waals surface area (Å²) in [6, 6.07) is 45.0. The first-order valence-electron chi connectivity index (χ1n) is 15.3. The highest BCUT2D eigenvalue weighted by atomic mass is 14.8. The zero-order chi connectivity index (χ0) is 30.2. The van der Waals surface area contributed by atoms with Crippen LogP contribution in [0, 0.1) is 18.3 Å². The van der Waals surface area contributed by atoms with Crippen molar-refractivity contribution in [3.05, 3.63) is 155 Å². The fraction of sp³-hybridized carbons (Fsp3) is 0.0476. The van der Waals surface area contributed by atoms with Gasteiger partial charge >= 0.3 is 0 Å². The van der Waals surface area contributed by atoms with Crippen LogP contribution in [0.3, 0.4) is 0 Å². The Morgan fingerprint density at radius 1 is 0.556 bits per heavy atom. The number of nitrogens with zero attached hydrogens (tertiary/aromatic N) is 2. The Bertz CT molecular complexity index is 2660. The summed E-state index contributed by atoms with van der Waals surface area (Å²) in [5, 5.41) is 21.9. The molecule has 0 bridgehead atoms. The van der Waals surface area contributed by atoms with E-state index in [2.05, 4.69) is 134 Å². The molecule has 7 aromatic carbocycles. The molecule has 9 rings (SSSR count). The molecule has 0 saturated heterocycles. The second-order valence-electron chi connectivity index (χ2n) is 11.9. The molecule has 0 saturated carbocycles. The minimum atomic E-state index is 0.634. The Balaban J connectivity index is 1.51. The lowest BCUT2D eigenvalue weighted by Gasteiger charge is -2.16. The Morgan fingerprint density at radius 3 is 1.58 bits per heavy atom. The van der Waals surface area contributed by atoms with Crippen molar-refractivity contribution in [3.63, 3.8) is 0 Å². The van der Waals surface area contributed by atoms with Gasteiger partial charge in [0, 0.05) is 38.9 Å². The van der Waals surface area contributed by atoms with Crippen LogP contribution < -0.4 is 0 Å². The van der Waals surface area contributed by atoms with Gasteiger partial charge in [-0.05, 0) is 74.6 Å². The smallest absolute Gasteiger partial charge is 0.0991 e. The lowest BCUT2D eigenvalue weighted by atomic mass is 9.86. The van der Waals surface area contributed by atoms with Crippen molar-refractivity contribution in [1.29, 1.82) is 5.26 Å². The lowest BCUT2D eigenvalue weighted by molar-refractivity contribution is 1.25. The van der Waals surface area contributed by atoms with Crippen molar-refractivity contribution in [2.24, 2.45) is 4.99 Å². The fourth-order valence-corrected chi connectivity index (χ4v) is 7.62. The molecule has 3 nitrogen and oxygen atoms in total. The molecule has 45 heavy (non-hydrogen) atoms. The molecule has 8 aromatic rings. The molecule has 1 N–H and O–H groups in total. The summed E-state index contributed by atoms with van der Waals surface area (Å²) >= 11 is 0. The molecule has 0 atom stereocenters. The average molecular weight is 574 g/mol. The van der Waals surface area contributed by atoms with E-state index in [0.29, 0.717) is 5.56 Å². The molecular weight excluding hydrogens is 546 g/mol. The molecule has 0 spiro atoms. The largest absolute Gasteiger partial charge is 0.358 e. The topological polar surface area (TPSA) is 51.9 Å². The molecule has 0 unspecified atom stereocenters. The molecule has 210 valence electrons. The van der Waals surface area contributed by atoms with Crippen molar-refractivity contribution in [3.8, 4) is 6.07 Å². The maximum absolute atomic E-state index is 9.65. The highest BCUT2D eigenvalue weighted by Crippen LogP contribution is 2.48. The monoisotopic (exact) mass is 573 g/mol. The lowest BCUT2D eigenvalue weighted by Crippen LogP contribution is -1.98. The van der Waals surface area contributed by atoms with Crippen molar-refractivity contribution in [1.82, 2.24) is 4.98 Å². The molecule has 1 aliphatic rings. The van der Waals surface area contributed by atoms with Crippen molar-refractivity contribution >= 4 is 70.8 Å². The van der Waals surface area contributed by atoms with Crippen LogP contribution in [-0.4, -0.2) is 10.7 Å². The number of aryl methyl sites for hydroxylation is 1. The number of hydrogen-bond donors (Lipinski definition) is 1. The molecule has 0 fully saturated rings. The normalized spacial score (nSPS) is 13.9. The Hall–Kier alpha value is -5.98. The molecule has 0 radical (unpaired) electrons. The van der Waals surface area contributed by atoms with E-state index in [1.165, 1.54) is 59.4 Å². The summed E-state index contributed by atoms with van der Waals surface area (Å²) in [6.07, 6.45) is 0. The van der Waals surface area contributed by atoms with E-state index in [-0.39, 0.29) is 0 Å². The minimum Gasteiger partial charge on any atom is -0.358 e. The number of nitriles is 1. The molecule has 1 aliphatic heterocycles. The van der Waals surface area contributed by atoms with Gasteiger partial charge in [-0.1, -0.05) is 109 Å². The fourth-order valence-electron chi connectivity index (χ4n) is 7.62. The van der Waals surface area contributed by atoms with Crippen LogP contribution in [0.4, 0.5) is 0 Å². The van der Waals surface area contributed by atoms with Crippen molar-refractivity contribution in [2.75, 3.05) is 0 Å². The van der Waals surface area contributed by atoms with E-state index >= 15 is 0 Å². The maximum Gasteiger partial charge on any atom is 0.0991 e. The van der Waals surface area contributed by atoms with E-state index in [1.54, 1.807) is 0 Å². The van der Waals surface area contributed by atoms with Crippen LogP contribution in [-0.2, 0) is 0 Å². The van der Waals surface area contributed by atoms with Gasteiger partial charge < -0.3 is 4.98 Å². The van der Waals surface area contributed by atoms with Gasteiger partial charge in [-0.25, -0.2) is 0 Å². The van der Waals surface area contributed by atoms with Crippen LogP contribution in [0.2, 0.25) is 0 Å². The first-order valence-corrected chi connectivity index (χ1v) is 15.3. The SMILES string of the molecule is CC1=N/C(=C(/c2ccc(C#N)cc2)c2[nH]c(C)c3c4ccccc4c4ccccc4c23)c2c1c1ccccc1c1ccccc21. The highest BCUT2D eigenvalue weighted by molar-refractivity contribution is 6.32. The third kappa shape index (κ3) is 3.54. The number of fused-ring (bicyclic) bond motifs is 12. The predicted molar refractivity (Wildman–Crippen MR) is 189 cm³/mol. The molecule has 3 heteroatoms. The second kappa shape index (κ2) is 9.51. The summed E-state index contributed by atoms with van der Waals surface area (Å²) in [7, 11) is 0. The number of aromatic nitrogens is 1. The average Bonchev–Trinajstić information content (AvgIpc) is 3.62. The second-order valence-corrected chi connectivity index (χ2v) is 11.9. The van der Waals surface area contributed by atoms with E-state index in [9.17, 15) is 5.26 Å². The summed E-state index contributed by atoms with van der Waals surface area (Å²) < 4.78 is 0. The summed E-state index contributed by atoms with van der Waals surface area (Å²) in [5.74, 6) is 0. The van der Waals surface area contributed by atoms with Gasteiger partial charge in [0.2, 0.25) is 0 Å². The third-order valence-corrected chi connectivity index (χ3v) is 9.47. The molecule has 0 aliphatic carbocycles. The number of benzene rings is 7. The zero-order valence-electron chi connectivity index (χ0n) is 24.9. The standard InChI is InChI=1S/C42H27N3/c1-24-36-32-15-7-3-11-28(32)30-13-5-9-17-34(30)39(36)41(44-24)38(27-21-19-26(23-43)20-22-27)42-40-35-18-10-6-14-31(35)29-12-4-8-16-33(29)37(40)25(2)45-42/h3-22,44H,1-2H3/b42-38-. The van der Waals surface area contributed by atoms with Crippen LogP contribution in [0.25, 0.3) is 65.1 Å². The van der Waals surface area contributed by atoms with E-state index < -0.39 is 0 Å². The first kappa shape index (κ1) is 25.5. The van der Waals surface area contributed by atoms with Gasteiger partial charge in [-0.3, -0.25) is 4.99 Å². The Kier molecular flexibility index (Phi) is 5.39. The molecule has 2 heterocycles. The van der Waals surface area contributed by atoms with Crippen LogP contribution in [0.5, 0.6) is 0 Å². The third-order valence-electron chi connectivity index (χ3n) is 9.47. The van der Waals surface area contributed by atoms with Crippen molar-refractivity contribution < 1.29 is 0 Å². The Morgan fingerprint density at radius 2 is 1.02 bits per heavy atom. The summed E-state index contributed by atoms with van der Waals surface area (Å²) in [6.45, 7) is 4.30. The predicted octanol–water partition coefficient (Wildman–Crippen LogP) is 10.7. The quantitative estimate of drug-likeness (QED) is 0.206. The van der Waals surface area contributed by atoms with E-state index in [4.69, 9.17) is 4.99 Å². The number of hydrogen-bond acceptors (Lipinski definition) is 2. The number of aromatic amines is 1. The number of nitrogens with one attached hydrogen (secondary N) is 1. The highest BCUT2D eigenvalue weighted by Gasteiger charge is 2.29. The maximum atomic E-state index is 9.65. The van der Waals surface area contributed by atoms with Crippen LogP contribution in [0.15, 0.2) is 126 Å². The molecular formula is C42H27N3. The van der Waals surface area contributed by atoms with Crippen LogP contribution in [0.1, 0.15) is 40.6 Å². The van der Waals surface area contributed by atoms with Gasteiger partial charge in [0.05, 0.1) is 23.0 Å². The van der Waals surface area contributed by atoms with Gasteiger partial charge in [0.1, 0.15) is 0 Å². The molecule has 1 aromatic heterocycles. The van der Waals surface area contributed by atoms with E-state index in [1.807, 2.05) is 12.1 Å². The van der Waals surface area contributed by atoms with Gasteiger partial charge in [0.25, 0.3) is 0 Å². The minimum absolute atomic E-state index is 0.634. The van der Waals surface area contributed by atoms with Gasteiger partial charge in [0.15, 0.2) is 0 Å². The number of rotatable bonds is 2. The summed E-state index contributed by atoms with van der Waals surface area (Å²) in [5.41, 5.74) is 9.17. The van der Waals surface area contributed by atoms with Gasteiger partial charge in [-0.15, -0.1) is 0 Å². The first-order chi connectivity index (χ1) is 22.1.